The molecule has 0 aliphatic rings. The lowest BCUT2D eigenvalue weighted by molar-refractivity contribution is 0.354. The van der Waals surface area contributed by atoms with Crippen LogP contribution in [-0.4, -0.2) is 38.4 Å². The summed E-state index contributed by atoms with van der Waals surface area (Å²) >= 11 is 0. The van der Waals surface area contributed by atoms with Crippen LogP contribution in [0.3, 0.4) is 0 Å². The Balaban J connectivity index is 1.92. The number of fused-ring (bicyclic) bond motifs is 2. The third-order valence-corrected chi connectivity index (χ3v) is 6.69. The predicted octanol–water partition coefficient (Wildman–Crippen LogP) is 7.04. The highest BCUT2D eigenvalue weighted by Crippen LogP contribution is 2.47. The molecule has 1 N–H and O–H groups in total. The lowest BCUT2D eigenvalue weighted by Crippen LogP contribution is -1.99. The van der Waals surface area contributed by atoms with Crippen molar-refractivity contribution in [1.82, 2.24) is 9.97 Å². The first-order valence-corrected chi connectivity index (χ1v) is 11.5. The van der Waals surface area contributed by atoms with E-state index in [1.807, 2.05) is 24.3 Å². The third-order valence-electron chi connectivity index (χ3n) is 6.69. The van der Waals surface area contributed by atoms with E-state index in [0.29, 0.717) is 23.0 Å². The van der Waals surface area contributed by atoms with Crippen molar-refractivity contribution in [2.45, 2.75) is 6.92 Å². The van der Waals surface area contributed by atoms with Crippen LogP contribution in [0.4, 0.5) is 0 Å². The summed E-state index contributed by atoms with van der Waals surface area (Å²) in [6.45, 7) is 6.22. The standard InChI is InChI=1S/C30H28N2O4/c1-7-20-21(9-11-26(33-3)30(20)36-6)29-17(2)22-15-28(35-5)27(34-4)14-19(22)12-23(29)18-8-10-24-25(13-18)32-16-31-24/h7-16H,1H2,2-6H3,(H,31,32). The summed E-state index contributed by atoms with van der Waals surface area (Å²) in [5.41, 5.74) is 8.03. The third kappa shape index (κ3) is 3.62. The molecule has 4 aromatic carbocycles. The van der Waals surface area contributed by atoms with Crippen LogP contribution < -0.4 is 18.9 Å². The van der Waals surface area contributed by atoms with Crippen molar-refractivity contribution in [1.29, 1.82) is 0 Å². The Kier molecular flexibility index (Phi) is 6.02. The fraction of sp³-hybridized carbons (Fsp3) is 0.167. The molecule has 1 aromatic heterocycles. The molecule has 6 nitrogen and oxygen atoms in total. The molecule has 0 amide bonds. The molecule has 182 valence electrons. The molecular weight excluding hydrogens is 452 g/mol. The Morgan fingerprint density at radius 2 is 1.56 bits per heavy atom. The molecule has 0 saturated heterocycles. The van der Waals surface area contributed by atoms with Gasteiger partial charge in [-0.25, -0.2) is 4.98 Å². The quantitative estimate of drug-likeness (QED) is 0.271. The maximum Gasteiger partial charge on any atom is 0.168 e. The van der Waals surface area contributed by atoms with Crippen molar-refractivity contribution in [2.24, 2.45) is 0 Å². The van der Waals surface area contributed by atoms with Crippen molar-refractivity contribution in [3.63, 3.8) is 0 Å². The first-order valence-electron chi connectivity index (χ1n) is 11.5. The Bertz CT molecular complexity index is 1620. The smallest absolute Gasteiger partial charge is 0.168 e. The molecule has 6 heteroatoms. The van der Waals surface area contributed by atoms with E-state index in [4.69, 9.17) is 18.9 Å². The fourth-order valence-electron chi connectivity index (χ4n) is 4.95. The Labute approximate surface area is 210 Å². The Morgan fingerprint density at radius 1 is 0.806 bits per heavy atom. The minimum Gasteiger partial charge on any atom is -0.493 e. The SMILES string of the molecule is C=Cc1c(-c2c(-c3ccc4[nH]cnc4c3)cc3cc(OC)c(OC)cc3c2C)ccc(OC)c1OC. The fourth-order valence-corrected chi connectivity index (χ4v) is 4.95. The molecule has 36 heavy (non-hydrogen) atoms. The number of rotatable bonds is 7. The van der Waals surface area contributed by atoms with E-state index in [1.54, 1.807) is 34.8 Å². The van der Waals surface area contributed by atoms with Gasteiger partial charge in [0.15, 0.2) is 23.0 Å². The average molecular weight is 481 g/mol. The van der Waals surface area contributed by atoms with E-state index in [1.165, 1.54) is 0 Å². The van der Waals surface area contributed by atoms with Crippen LogP contribution in [0.25, 0.3) is 50.1 Å². The summed E-state index contributed by atoms with van der Waals surface area (Å²) in [6, 6.07) is 16.5. The van der Waals surface area contributed by atoms with Crippen LogP contribution in [0, 0.1) is 6.92 Å². The van der Waals surface area contributed by atoms with Gasteiger partial charge in [0.1, 0.15) is 0 Å². The van der Waals surface area contributed by atoms with E-state index >= 15 is 0 Å². The van der Waals surface area contributed by atoms with Crippen molar-refractivity contribution in [2.75, 3.05) is 28.4 Å². The minimum atomic E-state index is 0.644. The van der Waals surface area contributed by atoms with Crippen LogP contribution >= 0.6 is 0 Å². The molecule has 0 bridgehead atoms. The topological polar surface area (TPSA) is 65.6 Å². The molecule has 0 atom stereocenters. The van der Waals surface area contributed by atoms with E-state index in [-0.39, 0.29) is 0 Å². The van der Waals surface area contributed by atoms with E-state index in [2.05, 4.69) is 53.8 Å². The van der Waals surface area contributed by atoms with Gasteiger partial charge in [0.05, 0.1) is 45.8 Å². The molecule has 5 rings (SSSR count). The minimum absolute atomic E-state index is 0.644. The van der Waals surface area contributed by atoms with Gasteiger partial charge in [0.2, 0.25) is 0 Å². The second-order valence-electron chi connectivity index (χ2n) is 8.45. The lowest BCUT2D eigenvalue weighted by Gasteiger charge is -2.21. The van der Waals surface area contributed by atoms with Crippen molar-refractivity contribution in [3.8, 4) is 45.3 Å². The number of benzene rings is 4. The number of H-pyrrole nitrogens is 1. The Hall–Kier alpha value is -4.45. The van der Waals surface area contributed by atoms with Crippen LogP contribution in [0.2, 0.25) is 0 Å². The molecule has 0 spiro atoms. The highest BCUT2D eigenvalue weighted by molar-refractivity contribution is 6.03. The van der Waals surface area contributed by atoms with Gasteiger partial charge in [-0.05, 0) is 88.0 Å². The monoisotopic (exact) mass is 480 g/mol. The highest BCUT2D eigenvalue weighted by Gasteiger charge is 2.21. The second kappa shape index (κ2) is 9.30. The first kappa shape index (κ1) is 23.3. The zero-order valence-electron chi connectivity index (χ0n) is 21.1. The van der Waals surface area contributed by atoms with Crippen LogP contribution in [-0.2, 0) is 0 Å². The summed E-state index contributed by atoms with van der Waals surface area (Å²) in [5.74, 6) is 2.66. The maximum atomic E-state index is 5.76. The van der Waals surface area contributed by atoms with Gasteiger partial charge in [-0.2, -0.15) is 0 Å². The van der Waals surface area contributed by atoms with Crippen LogP contribution in [0.5, 0.6) is 23.0 Å². The summed E-state index contributed by atoms with van der Waals surface area (Å²) in [6.07, 6.45) is 3.53. The van der Waals surface area contributed by atoms with Gasteiger partial charge in [-0.15, -0.1) is 0 Å². The molecule has 0 radical (unpaired) electrons. The zero-order chi connectivity index (χ0) is 25.4. The Morgan fingerprint density at radius 3 is 2.25 bits per heavy atom. The van der Waals surface area contributed by atoms with Crippen molar-refractivity contribution < 1.29 is 18.9 Å². The molecule has 1 heterocycles. The molecule has 0 aliphatic heterocycles. The van der Waals surface area contributed by atoms with Gasteiger partial charge in [-0.1, -0.05) is 18.7 Å². The van der Waals surface area contributed by atoms with Gasteiger partial charge < -0.3 is 23.9 Å². The summed E-state index contributed by atoms with van der Waals surface area (Å²) < 4.78 is 22.5. The normalized spacial score (nSPS) is 11.0. The maximum absolute atomic E-state index is 5.76. The van der Waals surface area contributed by atoms with Gasteiger partial charge in [0.25, 0.3) is 0 Å². The van der Waals surface area contributed by atoms with Gasteiger partial charge in [-0.3, -0.25) is 0 Å². The van der Waals surface area contributed by atoms with Crippen molar-refractivity contribution >= 4 is 27.9 Å². The molecule has 5 aromatic rings. The number of aromatic amines is 1. The highest BCUT2D eigenvalue weighted by atomic mass is 16.5. The van der Waals surface area contributed by atoms with E-state index in [0.717, 1.165) is 55.2 Å². The number of nitrogens with zero attached hydrogens (tertiary/aromatic N) is 1. The van der Waals surface area contributed by atoms with E-state index in [9.17, 15) is 0 Å². The summed E-state index contributed by atoms with van der Waals surface area (Å²) in [4.78, 5) is 7.66. The number of ether oxygens (including phenoxy) is 4. The first-order chi connectivity index (χ1) is 17.5. The predicted molar refractivity (Wildman–Crippen MR) is 146 cm³/mol. The molecule has 0 fully saturated rings. The summed E-state index contributed by atoms with van der Waals surface area (Å²) in [5, 5.41) is 2.11. The van der Waals surface area contributed by atoms with Gasteiger partial charge >= 0.3 is 0 Å². The number of aryl methyl sites for hydroxylation is 1. The van der Waals surface area contributed by atoms with Crippen LogP contribution in [0.15, 0.2) is 61.4 Å². The van der Waals surface area contributed by atoms with Crippen LogP contribution in [0.1, 0.15) is 11.1 Å². The number of aromatic nitrogens is 2. The lowest BCUT2D eigenvalue weighted by atomic mass is 9.85. The average Bonchev–Trinajstić information content (AvgIpc) is 3.39. The number of hydrogen-bond donors (Lipinski definition) is 1. The number of nitrogens with one attached hydrogen (secondary N) is 1. The number of methoxy groups -OCH3 is 4. The molecule has 0 aliphatic carbocycles. The molecular formula is C30H28N2O4. The van der Waals surface area contributed by atoms with Crippen molar-refractivity contribution in [3.05, 3.63) is 72.6 Å². The number of imidazole rings is 1. The second-order valence-corrected chi connectivity index (χ2v) is 8.45. The molecule has 0 unspecified atom stereocenters. The van der Waals surface area contributed by atoms with E-state index < -0.39 is 0 Å². The van der Waals surface area contributed by atoms with Gasteiger partial charge in [0, 0.05) is 5.56 Å². The number of hydrogen-bond acceptors (Lipinski definition) is 5. The largest absolute Gasteiger partial charge is 0.493 e. The molecule has 0 saturated carbocycles. The zero-order valence-corrected chi connectivity index (χ0v) is 21.1. The summed E-state index contributed by atoms with van der Waals surface area (Å²) in [7, 11) is 6.58.